The molecule has 222 valence electrons. The Morgan fingerprint density at radius 2 is 1.38 bits per heavy atom. The van der Waals surface area contributed by atoms with Crippen LogP contribution in [0, 0.1) is 0 Å². The van der Waals surface area contributed by atoms with Crippen LogP contribution in [-0.4, -0.2) is 64.3 Å². The van der Waals surface area contributed by atoms with Gasteiger partial charge in [-0.25, -0.2) is 0 Å². The molecule has 0 saturated carbocycles. The van der Waals surface area contributed by atoms with Gasteiger partial charge >= 0.3 is 0 Å². The van der Waals surface area contributed by atoms with Crippen LogP contribution in [0.25, 0.3) is 0 Å². The van der Waals surface area contributed by atoms with Crippen molar-refractivity contribution in [2.24, 2.45) is 0 Å². The lowest BCUT2D eigenvalue weighted by Crippen LogP contribution is -2.69. The zero-order valence-corrected chi connectivity index (χ0v) is 28.3. The van der Waals surface area contributed by atoms with E-state index in [0.29, 0.717) is 0 Å². The van der Waals surface area contributed by atoms with Crippen LogP contribution in [0.5, 0.6) is 0 Å². The van der Waals surface area contributed by atoms with Crippen molar-refractivity contribution in [3.63, 3.8) is 0 Å². The van der Waals surface area contributed by atoms with E-state index in [2.05, 4.69) is 78.9 Å². The average Bonchev–Trinajstić information content (AvgIpc) is 3.24. The molecule has 4 atom stereocenters. The molecular formula is C32H50O6Si2. The first-order chi connectivity index (χ1) is 18.3. The zero-order chi connectivity index (χ0) is 30.1. The molecule has 1 N–H and O–H groups in total. The Morgan fingerprint density at radius 1 is 0.900 bits per heavy atom. The molecular weight excluding hydrogens is 537 g/mol. The summed E-state index contributed by atoms with van der Waals surface area (Å²) >= 11 is 0. The highest BCUT2D eigenvalue weighted by atomic mass is 28.4. The molecule has 8 heteroatoms. The standard InChI is InChI=1S/C32H50O6Si2/c1-23(37-40(31(5,6)7,24-18-14-12-15-19-24)25-20-16-13-17-21-25)27(33)29(38-39(10,11)30(2,3)4)28(34)26-22-35-32(8,9)36-26/h12-21,23,26-27,29,33H,22H2,1-11H3/t23-,26-,27-,29+/m0/s1. The monoisotopic (exact) mass is 586 g/mol. The minimum atomic E-state index is -2.98. The molecule has 0 aliphatic carbocycles. The Labute approximate surface area is 243 Å². The van der Waals surface area contributed by atoms with Crippen molar-refractivity contribution in [3.8, 4) is 0 Å². The zero-order valence-electron chi connectivity index (χ0n) is 26.3. The number of hydrogen-bond acceptors (Lipinski definition) is 6. The highest BCUT2D eigenvalue weighted by Crippen LogP contribution is 2.40. The quantitative estimate of drug-likeness (QED) is 0.375. The maximum atomic E-state index is 14.0. The Morgan fingerprint density at radius 3 is 1.75 bits per heavy atom. The first-order valence-electron chi connectivity index (χ1n) is 14.3. The fourth-order valence-corrected chi connectivity index (χ4v) is 11.0. The maximum absolute atomic E-state index is 14.0. The van der Waals surface area contributed by atoms with Crippen LogP contribution in [0.3, 0.4) is 0 Å². The van der Waals surface area contributed by atoms with Gasteiger partial charge in [-0.1, -0.05) is 102 Å². The smallest absolute Gasteiger partial charge is 0.261 e. The van der Waals surface area contributed by atoms with Crippen molar-refractivity contribution in [1.29, 1.82) is 0 Å². The number of carbonyl (C=O) groups is 1. The molecule has 6 nitrogen and oxygen atoms in total. The van der Waals surface area contributed by atoms with E-state index in [0.717, 1.165) is 10.4 Å². The van der Waals surface area contributed by atoms with Gasteiger partial charge in [0, 0.05) is 0 Å². The van der Waals surface area contributed by atoms with E-state index in [4.69, 9.17) is 18.3 Å². The SMILES string of the molecule is C[C@H](O[Si](c1ccccc1)(c1ccccc1)C(C)(C)C)[C@H](O)[C@@H](O[Si](C)(C)C(C)(C)C)C(=O)[C@@H]1COC(C)(C)O1. The number of ketones is 1. The summed E-state index contributed by atoms with van der Waals surface area (Å²) in [6, 6.07) is 20.6. The lowest BCUT2D eigenvalue weighted by atomic mass is 10.0. The predicted octanol–water partition coefficient (Wildman–Crippen LogP) is 5.42. The van der Waals surface area contributed by atoms with E-state index in [1.54, 1.807) is 13.8 Å². The van der Waals surface area contributed by atoms with Crippen LogP contribution in [0.1, 0.15) is 62.3 Å². The molecule has 0 spiro atoms. The molecule has 2 aromatic rings. The largest absolute Gasteiger partial charge is 0.404 e. The second kappa shape index (κ2) is 11.9. The Bertz CT molecular complexity index is 1080. The second-order valence-electron chi connectivity index (χ2n) is 14.0. The van der Waals surface area contributed by atoms with Crippen LogP contribution in [0.4, 0.5) is 0 Å². The normalized spacial score (nSPS) is 20.6. The number of carbonyl (C=O) groups excluding carboxylic acids is 1. The fourth-order valence-electron chi connectivity index (χ4n) is 5.09. The summed E-state index contributed by atoms with van der Waals surface area (Å²) in [6.45, 7) is 22.7. The number of hydrogen-bond donors (Lipinski definition) is 1. The molecule has 1 heterocycles. The lowest BCUT2D eigenvalue weighted by Gasteiger charge is -2.46. The Balaban J connectivity index is 2.07. The van der Waals surface area contributed by atoms with Gasteiger partial charge in [-0.3, -0.25) is 4.79 Å². The molecule has 0 radical (unpaired) electrons. The maximum Gasteiger partial charge on any atom is 0.261 e. The molecule has 3 rings (SSSR count). The number of rotatable bonds is 10. The van der Waals surface area contributed by atoms with Crippen molar-refractivity contribution in [2.75, 3.05) is 6.61 Å². The third-order valence-electron chi connectivity index (χ3n) is 8.40. The molecule has 0 bridgehead atoms. The molecule has 1 fully saturated rings. The van der Waals surface area contributed by atoms with Crippen LogP contribution >= 0.6 is 0 Å². The van der Waals surface area contributed by atoms with Gasteiger partial charge in [-0.05, 0) is 54.3 Å². The lowest BCUT2D eigenvalue weighted by molar-refractivity contribution is -0.161. The van der Waals surface area contributed by atoms with E-state index < -0.39 is 46.8 Å². The highest BCUT2D eigenvalue weighted by molar-refractivity contribution is 6.99. The number of aliphatic hydroxyl groups is 1. The van der Waals surface area contributed by atoms with Crippen LogP contribution in [-0.2, 0) is 23.1 Å². The van der Waals surface area contributed by atoms with Gasteiger partial charge in [0.05, 0.1) is 12.7 Å². The van der Waals surface area contributed by atoms with Crippen LogP contribution < -0.4 is 10.4 Å². The summed E-state index contributed by atoms with van der Waals surface area (Å²) in [5, 5.41) is 13.7. The second-order valence-corrected chi connectivity index (χ2v) is 23.0. The number of aliphatic hydroxyl groups excluding tert-OH is 1. The van der Waals surface area contributed by atoms with Gasteiger partial charge in [-0.15, -0.1) is 0 Å². The van der Waals surface area contributed by atoms with Gasteiger partial charge < -0.3 is 23.4 Å². The third kappa shape index (κ3) is 6.86. The number of Topliss-reactive ketones (excluding diaryl/α,β-unsaturated/α-hetero) is 1. The van der Waals surface area contributed by atoms with E-state index in [9.17, 15) is 9.90 Å². The third-order valence-corrected chi connectivity index (χ3v) is 18.0. The van der Waals surface area contributed by atoms with E-state index in [1.807, 2.05) is 43.3 Å². The molecule has 1 saturated heterocycles. The van der Waals surface area contributed by atoms with Gasteiger partial charge in [0.1, 0.15) is 18.3 Å². The van der Waals surface area contributed by atoms with Crippen LogP contribution in [0.2, 0.25) is 23.2 Å². The minimum Gasteiger partial charge on any atom is -0.404 e. The molecule has 1 aliphatic heterocycles. The van der Waals surface area contributed by atoms with Crippen molar-refractivity contribution in [3.05, 3.63) is 60.7 Å². The summed E-state index contributed by atoms with van der Waals surface area (Å²) in [5.41, 5.74) is 0. The first kappa shape index (κ1) is 32.9. The number of ether oxygens (including phenoxy) is 2. The van der Waals surface area contributed by atoms with Gasteiger partial charge in [0.25, 0.3) is 8.32 Å². The minimum absolute atomic E-state index is 0.125. The Kier molecular flexibility index (Phi) is 9.79. The average molecular weight is 587 g/mol. The summed E-state index contributed by atoms with van der Waals surface area (Å²) in [6.07, 6.45) is -3.85. The Hall–Kier alpha value is -1.66. The van der Waals surface area contributed by atoms with Gasteiger partial charge in [-0.2, -0.15) is 0 Å². The van der Waals surface area contributed by atoms with Gasteiger partial charge in [0.15, 0.2) is 19.9 Å². The van der Waals surface area contributed by atoms with Crippen molar-refractivity contribution < 1.29 is 28.2 Å². The summed E-state index contributed by atoms with van der Waals surface area (Å²) in [7, 11) is -5.45. The summed E-state index contributed by atoms with van der Waals surface area (Å²) < 4.78 is 25.5. The molecule has 2 aromatic carbocycles. The van der Waals surface area contributed by atoms with Gasteiger partial charge in [0.2, 0.25) is 0 Å². The number of benzene rings is 2. The van der Waals surface area contributed by atoms with Crippen molar-refractivity contribution >= 4 is 32.8 Å². The molecule has 0 amide bonds. The predicted molar refractivity (Wildman–Crippen MR) is 166 cm³/mol. The fraction of sp³-hybridized carbons (Fsp3) is 0.594. The van der Waals surface area contributed by atoms with Crippen LogP contribution in [0.15, 0.2) is 60.7 Å². The van der Waals surface area contributed by atoms with Crippen molar-refractivity contribution in [1.82, 2.24) is 0 Å². The molecule has 40 heavy (non-hydrogen) atoms. The highest BCUT2D eigenvalue weighted by Gasteiger charge is 2.54. The molecule has 0 unspecified atom stereocenters. The topological polar surface area (TPSA) is 74.2 Å². The van der Waals surface area contributed by atoms with E-state index in [1.165, 1.54) is 0 Å². The summed E-state index contributed by atoms with van der Waals surface area (Å²) in [4.78, 5) is 14.0. The molecule has 0 aromatic heterocycles. The first-order valence-corrected chi connectivity index (χ1v) is 19.1. The van der Waals surface area contributed by atoms with E-state index in [-0.39, 0.29) is 22.5 Å². The van der Waals surface area contributed by atoms with Crippen molar-refractivity contribution in [2.45, 2.75) is 116 Å². The summed E-state index contributed by atoms with van der Waals surface area (Å²) in [5.74, 6) is -1.18. The van der Waals surface area contributed by atoms with E-state index >= 15 is 0 Å². The molecule has 1 aliphatic rings.